The molecule has 156 valence electrons. The molecule has 1 atom stereocenters. The lowest BCUT2D eigenvalue weighted by molar-refractivity contribution is -0.121. The van der Waals surface area contributed by atoms with Crippen molar-refractivity contribution in [2.24, 2.45) is 0 Å². The van der Waals surface area contributed by atoms with E-state index < -0.39 is 5.60 Å². The third kappa shape index (κ3) is 7.03. The van der Waals surface area contributed by atoms with Crippen LogP contribution >= 0.6 is 0 Å². The summed E-state index contributed by atoms with van der Waals surface area (Å²) in [6.45, 7) is 11.5. The first-order valence-electron chi connectivity index (χ1n) is 9.95. The SMILES string of the molecule is CCOc1ccc(NC(=O)C(C)N2CCC(NC(=O)OC(C)(C)C)CC2)cc1. The fraction of sp³-hybridized carbons (Fsp3) is 0.619. The highest BCUT2D eigenvalue weighted by Crippen LogP contribution is 2.18. The number of nitrogens with one attached hydrogen (secondary N) is 2. The zero-order valence-corrected chi connectivity index (χ0v) is 17.6. The quantitative estimate of drug-likeness (QED) is 0.777. The summed E-state index contributed by atoms with van der Waals surface area (Å²) in [5, 5.41) is 5.87. The van der Waals surface area contributed by atoms with Crippen LogP contribution in [0.5, 0.6) is 5.75 Å². The minimum atomic E-state index is -0.502. The molecule has 0 aliphatic carbocycles. The van der Waals surface area contributed by atoms with Crippen molar-refractivity contribution in [3.63, 3.8) is 0 Å². The molecule has 2 rings (SSSR count). The average molecular weight is 392 g/mol. The number of ether oxygens (including phenoxy) is 2. The number of carbonyl (C=O) groups is 2. The first-order valence-corrected chi connectivity index (χ1v) is 9.95. The van der Waals surface area contributed by atoms with Crippen LogP contribution in [0, 0.1) is 0 Å². The van der Waals surface area contributed by atoms with Gasteiger partial charge in [0.1, 0.15) is 11.4 Å². The highest BCUT2D eigenvalue weighted by atomic mass is 16.6. The third-order valence-electron chi connectivity index (χ3n) is 4.61. The molecule has 1 saturated heterocycles. The van der Waals surface area contributed by atoms with Crippen molar-refractivity contribution >= 4 is 17.7 Å². The maximum atomic E-state index is 12.6. The number of anilines is 1. The topological polar surface area (TPSA) is 79.9 Å². The molecule has 2 amide bonds. The van der Waals surface area contributed by atoms with Gasteiger partial charge in [-0.15, -0.1) is 0 Å². The lowest BCUT2D eigenvalue weighted by atomic mass is 10.0. The molecule has 0 spiro atoms. The van der Waals surface area contributed by atoms with Crippen molar-refractivity contribution in [2.75, 3.05) is 25.0 Å². The molecule has 1 heterocycles. The lowest BCUT2D eigenvalue weighted by Gasteiger charge is -2.35. The summed E-state index contributed by atoms with van der Waals surface area (Å²) in [4.78, 5) is 26.6. The van der Waals surface area contributed by atoms with Gasteiger partial charge in [0, 0.05) is 24.8 Å². The van der Waals surface area contributed by atoms with E-state index in [2.05, 4.69) is 15.5 Å². The summed E-state index contributed by atoms with van der Waals surface area (Å²) in [7, 11) is 0. The van der Waals surface area contributed by atoms with Gasteiger partial charge < -0.3 is 20.1 Å². The zero-order valence-electron chi connectivity index (χ0n) is 17.6. The van der Waals surface area contributed by atoms with E-state index in [4.69, 9.17) is 9.47 Å². The Kier molecular flexibility index (Phi) is 7.69. The number of nitrogens with zero attached hydrogens (tertiary/aromatic N) is 1. The van der Waals surface area contributed by atoms with Crippen molar-refractivity contribution in [2.45, 2.75) is 65.1 Å². The fourth-order valence-electron chi connectivity index (χ4n) is 3.12. The van der Waals surface area contributed by atoms with E-state index in [1.807, 2.05) is 58.9 Å². The second-order valence-electron chi connectivity index (χ2n) is 8.08. The number of rotatable bonds is 6. The molecule has 0 saturated carbocycles. The monoisotopic (exact) mass is 391 g/mol. The smallest absolute Gasteiger partial charge is 0.407 e. The van der Waals surface area contributed by atoms with Crippen molar-refractivity contribution in [1.29, 1.82) is 0 Å². The lowest BCUT2D eigenvalue weighted by Crippen LogP contribution is -2.51. The van der Waals surface area contributed by atoms with E-state index >= 15 is 0 Å². The minimum Gasteiger partial charge on any atom is -0.494 e. The summed E-state index contributed by atoms with van der Waals surface area (Å²) < 4.78 is 10.7. The normalized spacial score (nSPS) is 16.9. The Bertz CT molecular complexity index is 647. The summed E-state index contributed by atoms with van der Waals surface area (Å²) in [5.41, 5.74) is 0.250. The van der Waals surface area contributed by atoms with Gasteiger partial charge in [-0.2, -0.15) is 0 Å². The number of likely N-dealkylation sites (tertiary alicyclic amines) is 1. The molecule has 0 radical (unpaired) electrons. The van der Waals surface area contributed by atoms with E-state index in [0.29, 0.717) is 6.61 Å². The first kappa shape index (κ1) is 22.0. The molecular weight excluding hydrogens is 358 g/mol. The predicted octanol–water partition coefficient (Wildman–Crippen LogP) is 3.40. The maximum absolute atomic E-state index is 12.6. The van der Waals surface area contributed by atoms with E-state index in [-0.39, 0.29) is 24.1 Å². The summed E-state index contributed by atoms with van der Waals surface area (Å²) in [5.74, 6) is 0.746. The van der Waals surface area contributed by atoms with Gasteiger partial charge in [0.05, 0.1) is 12.6 Å². The highest BCUT2D eigenvalue weighted by Gasteiger charge is 2.28. The molecule has 7 heteroatoms. The first-order chi connectivity index (χ1) is 13.2. The second-order valence-corrected chi connectivity index (χ2v) is 8.08. The van der Waals surface area contributed by atoms with Crippen molar-refractivity contribution in [3.05, 3.63) is 24.3 Å². The van der Waals surface area contributed by atoms with Gasteiger partial charge in [-0.25, -0.2) is 4.79 Å². The summed E-state index contributed by atoms with van der Waals surface area (Å²) in [6, 6.07) is 7.20. The molecule has 1 aliphatic rings. The Balaban J connectivity index is 1.78. The molecule has 2 N–H and O–H groups in total. The van der Waals surface area contributed by atoms with Gasteiger partial charge >= 0.3 is 6.09 Å². The average Bonchev–Trinajstić information content (AvgIpc) is 2.62. The molecule has 0 aromatic heterocycles. The Morgan fingerprint density at radius 3 is 2.32 bits per heavy atom. The van der Waals surface area contributed by atoms with Gasteiger partial charge in [0.2, 0.25) is 5.91 Å². The van der Waals surface area contributed by atoms with E-state index in [0.717, 1.165) is 37.4 Å². The fourth-order valence-corrected chi connectivity index (χ4v) is 3.12. The molecule has 7 nitrogen and oxygen atoms in total. The van der Waals surface area contributed by atoms with Gasteiger partial charge in [-0.3, -0.25) is 9.69 Å². The Hall–Kier alpha value is -2.28. The molecule has 1 aliphatic heterocycles. The third-order valence-corrected chi connectivity index (χ3v) is 4.61. The van der Waals surface area contributed by atoms with Crippen LogP contribution in [0.3, 0.4) is 0 Å². The molecule has 1 unspecified atom stereocenters. The van der Waals surface area contributed by atoms with Gasteiger partial charge in [-0.05, 0) is 71.7 Å². The number of amides is 2. The van der Waals surface area contributed by atoms with Crippen LogP contribution < -0.4 is 15.4 Å². The van der Waals surface area contributed by atoms with Crippen LogP contribution in [-0.2, 0) is 9.53 Å². The predicted molar refractivity (Wildman–Crippen MR) is 110 cm³/mol. The largest absolute Gasteiger partial charge is 0.494 e. The Labute approximate surface area is 167 Å². The van der Waals surface area contributed by atoms with Crippen molar-refractivity contribution < 1.29 is 19.1 Å². The van der Waals surface area contributed by atoms with Crippen molar-refractivity contribution in [3.8, 4) is 5.75 Å². The molecule has 1 aromatic carbocycles. The van der Waals surface area contributed by atoms with Crippen LogP contribution in [0.25, 0.3) is 0 Å². The number of hydrogen-bond acceptors (Lipinski definition) is 5. The number of carbonyl (C=O) groups excluding carboxylic acids is 2. The van der Waals surface area contributed by atoms with Crippen LogP contribution in [-0.4, -0.2) is 54.3 Å². The van der Waals surface area contributed by atoms with Crippen LogP contribution in [0.1, 0.15) is 47.5 Å². The van der Waals surface area contributed by atoms with Gasteiger partial charge in [0.15, 0.2) is 0 Å². The van der Waals surface area contributed by atoms with Crippen LogP contribution in [0.2, 0.25) is 0 Å². The summed E-state index contributed by atoms with van der Waals surface area (Å²) in [6.07, 6.45) is 1.20. The standard InChI is InChI=1S/C21H33N3O4/c1-6-27-18-9-7-16(8-10-18)22-19(25)15(2)24-13-11-17(12-14-24)23-20(26)28-21(3,4)5/h7-10,15,17H,6,11-14H2,1-5H3,(H,22,25)(H,23,26). The molecule has 1 fully saturated rings. The zero-order chi connectivity index (χ0) is 20.7. The summed E-state index contributed by atoms with van der Waals surface area (Å²) >= 11 is 0. The van der Waals surface area contributed by atoms with Crippen LogP contribution in [0.4, 0.5) is 10.5 Å². The molecule has 28 heavy (non-hydrogen) atoms. The molecule has 0 bridgehead atoms. The number of alkyl carbamates (subject to hydrolysis) is 1. The molecular formula is C21H33N3O4. The number of piperidine rings is 1. The van der Waals surface area contributed by atoms with Crippen molar-refractivity contribution in [1.82, 2.24) is 10.2 Å². The van der Waals surface area contributed by atoms with E-state index in [1.54, 1.807) is 0 Å². The Morgan fingerprint density at radius 2 is 1.79 bits per heavy atom. The van der Waals surface area contributed by atoms with E-state index in [9.17, 15) is 9.59 Å². The van der Waals surface area contributed by atoms with Crippen LogP contribution in [0.15, 0.2) is 24.3 Å². The second kappa shape index (κ2) is 9.78. The van der Waals surface area contributed by atoms with E-state index in [1.165, 1.54) is 0 Å². The molecule has 1 aromatic rings. The van der Waals surface area contributed by atoms with Gasteiger partial charge in [0.25, 0.3) is 0 Å². The van der Waals surface area contributed by atoms with Gasteiger partial charge in [-0.1, -0.05) is 0 Å². The Morgan fingerprint density at radius 1 is 1.18 bits per heavy atom. The highest BCUT2D eigenvalue weighted by molar-refractivity contribution is 5.94. The minimum absolute atomic E-state index is 0.0392. The maximum Gasteiger partial charge on any atom is 0.407 e. The number of hydrogen-bond donors (Lipinski definition) is 2. The number of benzene rings is 1.